The molecule has 0 radical (unpaired) electrons. The predicted octanol–water partition coefficient (Wildman–Crippen LogP) is 3.71. The molecular weight excluding hydrogens is 470 g/mol. The number of nitrogens with zero attached hydrogens (tertiary/aromatic N) is 2. The standard InChI is InChI=1S/C29H29N3O5/c1-3-22-23(15-21-12-8-7-11-20(21)14-13-19-9-5-4-6-10-19)32-16-18(2)31-29(37-17-24(33)34)26(32)25(22)27(35)28(30)36/h4-12,16H,3,13-15,17H2,1-2H3,(H2,30,36)(H,33,34). The molecule has 3 N–H and O–H groups in total. The van der Waals surface area contributed by atoms with Crippen molar-refractivity contribution in [1.82, 2.24) is 9.38 Å². The third-order valence-corrected chi connectivity index (χ3v) is 6.35. The number of nitrogens with two attached hydrogens (primary N) is 1. The maximum atomic E-state index is 13.0. The minimum atomic E-state index is -1.18. The number of benzene rings is 2. The molecule has 0 spiro atoms. The molecule has 0 unspecified atom stereocenters. The summed E-state index contributed by atoms with van der Waals surface area (Å²) in [6.45, 7) is 3.02. The van der Waals surface area contributed by atoms with Crippen molar-refractivity contribution in [3.63, 3.8) is 0 Å². The molecule has 0 saturated heterocycles. The topological polar surface area (TPSA) is 124 Å². The lowest BCUT2D eigenvalue weighted by Crippen LogP contribution is -2.24. The van der Waals surface area contributed by atoms with E-state index in [-0.39, 0.29) is 17.0 Å². The molecule has 1 amide bonds. The van der Waals surface area contributed by atoms with Crippen molar-refractivity contribution in [2.45, 2.75) is 39.5 Å². The highest BCUT2D eigenvalue weighted by Crippen LogP contribution is 2.33. The van der Waals surface area contributed by atoms with E-state index in [1.54, 1.807) is 17.5 Å². The number of aliphatic carboxylic acids is 1. The second-order valence-electron chi connectivity index (χ2n) is 8.87. The zero-order chi connectivity index (χ0) is 26.5. The molecule has 0 aliphatic heterocycles. The largest absolute Gasteiger partial charge is 0.479 e. The summed E-state index contributed by atoms with van der Waals surface area (Å²) in [5.74, 6) is -3.16. The quantitative estimate of drug-likeness (QED) is 0.239. The molecule has 8 heteroatoms. The smallest absolute Gasteiger partial charge is 0.341 e. The number of aryl methyl sites for hydroxylation is 3. The highest BCUT2D eigenvalue weighted by molar-refractivity contribution is 6.44. The van der Waals surface area contributed by atoms with Crippen LogP contribution in [-0.2, 0) is 35.3 Å². The van der Waals surface area contributed by atoms with Gasteiger partial charge in [-0.25, -0.2) is 9.78 Å². The van der Waals surface area contributed by atoms with Crippen LogP contribution in [0.4, 0.5) is 0 Å². The van der Waals surface area contributed by atoms with Crippen molar-refractivity contribution in [2.75, 3.05) is 6.61 Å². The summed E-state index contributed by atoms with van der Waals surface area (Å²) in [6, 6.07) is 18.4. The highest BCUT2D eigenvalue weighted by Gasteiger charge is 2.29. The first kappa shape index (κ1) is 25.6. The number of carboxylic acid groups (broad SMARTS) is 1. The Hall–Kier alpha value is -4.46. The molecule has 2 aromatic carbocycles. The fraction of sp³-hybridized carbons (Fsp3) is 0.241. The molecule has 0 bridgehead atoms. The summed E-state index contributed by atoms with van der Waals surface area (Å²) < 4.78 is 7.26. The van der Waals surface area contributed by atoms with Crippen molar-refractivity contribution in [3.05, 3.63) is 100.0 Å². The first-order valence-corrected chi connectivity index (χ1v) is 12.1. The number of carboxylic acids is 1. The minimum absolute atomic E-state index is 0.0229. The Bertz CT molecular complexity index is 1470. The normalized spacial score (nSPS) is 11.0. The Morgan fingerprint density at radius 2 is 1.68 bits per heavy atom. The molecule has 0 aliphatic rings. The van der Waals surface area contributed by atoms with Crippen molar-refractivity contribution < 1.29 is 24.2 Å². The van der Waals surface area contributed by atoms with Gasteiger partial charge in [0.05, 0.1) is 11.3 Å². The van der Waals surface area contributed by atoms with Crippen molar-refractivity contribution in [2.24, 2.45) is 5.73 Å². The highest BCUT2D eigenvalue weighted by atomic mass is 16.5. The number of primary amides is 1. The van der Waals surface area contributed by atoms with Crippen LogP contribution < -0.4 is 10.5 Å². The Labute approximate surface area is 214 Å². The SMILES string of the molecule is CCc1c(C(=O)C(N)=O)c2c(OCC(=O)O)nc(C)cn2c1Cc1ccccc1CCc1ccccc1. The number of ether oxygens (including phenoxy) is 1. The zero-order valence-electron chi connectivity index (χ0n) is 20.9. The van der Waals surface area contributed by atoms with Crippen LogP contribution in [-0.4, -0.2) is 38.8 Å². The number of amides is 1. The fourth-order valence-electron chi connectivity index (χ4n) is 4.72. The summed E-state index contributed by atoms with van der Waals surface area (Å²) in [4.78, 5) is 40.6. The monoisotopic (exact) mass is 499 g/mol. The van der Waals surface area contributed by atoms with Gasteiger partial charge in [0.1, 0.15) is 5.52 Å². The van der Waals surface area contributed by atoms with E-state index in [2.05, 4.69) is 29.2 Å². The fourth-order valence-corrected chi connectivity index (χ4v) is 4.72. The molecule has 0 saturated carbocycles. The summed E-state index contributed by atoms with van der Waals surface area (Å²) in [7, 11) is 0. The molecule has 190 valence electrons. The van der Waals surface area contributed by atoms with Crippen LogP contribution in [0.1, 0.15) is 50.9 Å². The average Bonchev–Trinajstić information content (AvgIpc) is 3.19. The van der Waals surface area contributed by atoms with Gasteiger partial charge < -0.3 is 20.0 Å². The lowest BCUT2D eigenvalue weighted by atomic mass is 9.94. The van der Waals surface area contributed by atoms with Crippen LogP contribution in [0.15, 0.2) is 60.8 Å². The molecule has 2 aromatic heterocycles. The van der Waals surface area contributed by atoms with E-state index in [0.29, 0.717) is 24.1 Å². The Balaban J connectivity index is 1.85. The van der Waals surface area contributed by atoms with Crippen molar-refractivity contribution in [1.29, 1.82) is 0 Å². The van der Waals surface area contributed by atoms with Crippen LogP contribution >= 0.6 is 0 Å². The van der Waals surface area contributed by atoms with E-state index in [4.69, 9.17) is 15.6 Å². The van der Waals surface area contributed by atoms with Gasteiger partial charge in [-0.1, -0.05) is 61.5 Å². The van der Waals surface area contributed by atoms with Crippen LogP contribution in [0.5, 0.6) is 5.88 Å². The van der Waals surface area contributed by atoms with E-state index in [9.17, 15) is 14.4 Å². The van der Waals surface area contributed by atoms with E-state index in [0.717, 1.165) is 24.1 Å². The number of carbonyl (C=O) groups excluding carboxylic acids is 2. The average molecular weight is 500 g/mol. The molecule has 37 heavy (non-hydrogen) atoms. The third kappa shape index (κ3) is 5.53. The van der Waals surface area contributed by atoms with Gasteiger partial charge in [0.2, 0.25) is 5.88 Å². The van der Waals surface area contributed by atoms with E-state index in [1.807, 2.05) is 37.3 Å². The molecule has 0 aliphatic carbocycles. The maximum absolute atomic E-state index is 13.0. The van der Waals surface area contributed by atoms with Gasteiger partial charge in [0.25, 0.3) is 11.7 Å². The molecular formula is C29H29N3O5. The van der Waals surface area contributed by atoms with E-state index < -0.39 is 24.3 Å². The number of Topliss-reactive ketones (excluding diaryl/α,β-unsaturated/α-hetero) is 1. The van der Waals surface area contributed by atoms with Gasteiger partial charge in [-0.05, 0) is 48.4 Å². The predicted molar refractivity (Wildman–Crippen MR) is 139 cm³/mol. The Morgan fingerprint density at radius 3 is 2.32 bits per heavy atom. The van der Waals surface area contributed by atoms with Gasteiger partial charge in [0.15, 0.2) is 6.61 Å². The molecule has 0 fully saturated rings. The number of carbonyl (C=O) groups is 3. The number of hydrogen-bond donors (Lipinski definition) is 2. The van der Waals surface area contributed by atoms with Gasteiger partial charge in [-0.3, -0.25) is 9.59 Å². The molecule has 0 atom stereocenters. The first-order valence-electron chi connectivity index (χ1n) is 12.1. The lowest BCUT2D eigenvalue weighted by Gasteiger charge is -2.13. The lowest BCUT2D eigenvalue weighted by molar-refractivity contribution is -0.139. The second-order valence-corrected chi connectivity index (χ2v) is 8.87. The molecule has 4 aromatic rings. The summed E-state index contributed by atoms with van der Waals surface area (Å²) >= 11 is 0. The third-order valence-electron chi connectivity index (χ3n) is 6.35. The second kappa shape index (κ2) is 11.1. The number of rotatable bonds is 11. The van der Waals surface area contributed by atoms with Gasteiger partial charge in [-0.2, -0.15) is 0 Å². The molecule has 4 rings (SSSR count). The number of fused-ring (bicyclic) bond motifs is 1. The van der Waals surface area contributed by atoms with Crippen LogP contribution in [0.3, 0.4) is 0 Å². The zero-order valence-corrected chi connectivity index (χ0v) is 20.9. The van der Waals surface area contributed by atoms with Crippen LogP contribution in [0, 0.1) is 6.92 Å². The summed E-state index contributed by atoms with van der Waals surface area (Å²) in [5, 5.41) is 9.15. The summed E-state index contributed by atoms with van der Waals surface area (Å²) in [5.41, 5.74) is 11.3. The van der Waals surface area contributed by atoms with E-state index in [1.165, 1.54) is 11.1 Å². The number of hydrogen-bond acceptors (Lipinski definition) is 5. The molecule has 2 heterocycles. The Morgan fingerprint density at radius 1 is 1.00 bits per heavy atom. The van der Waals surface area contributed by atoms with Crippen molar-refractivity contribution in [3.8, 4) is 5.88 Å². The van der Waals surface area contributed by atoms with Gasteiger partial charge >= 0.3 is 5.97 Å². The van der Waals surface area contributed by atoms with Gasteiger partial charge in [0, 0.05) is 18.3 Å². The van der Waals surface area contributed by atoms with Gasteiger partial charge in [-0.15, -0.1) is 0 Å². The minimum Gasteiger partial charge on any atom is -0.479 e. The summed E-state index contributed by atoms with van der Waals surface area (Å²) in [6.07, 6.45) is 4.43. The maximum Gasteiger partial charge on any atom is 0.341 e. The van der Waals surface area contributed by atoms with E-state index >= 15 is 0 Å². The molecule has 8 nitrogen and oxygen atoms in total. The Kier molecular flexibility index (Phi) is 7.67. The van der Waals surface area contributed by atoms with Crippen molar-refractivity contribution >= 4 is 23.2 Å². The van der Waals surface area contributed by atoms with Crippen LogP contribution in [0.2, 0.25) is 0 Å². The first-order chi connectivity index (χ1) is 17.8. The van der Waals surface area contributed by atoms with Crippen LogP contribution in [0.25, 0.3) is 5.52 Å². The number of ketones is 1. The number of aromatic nitrogens is 2.